The summed E-state index contributed by atoms with van der Waals surface area (Å²) >= 11 is 12.1. The molecule has 0 aliphatic rings. The second-order valence-electron chi connectivity index (χ2n) is 34.1. The van der Waals surface area contributed by atoms with E-state index in [1.54, 1.807) is 52.3 Å². The fourth-order valence-electron chi connectivity index (χ4n) is 11.9. The molecule has 0 aliphatic heterocycles. The molecule has 0 aromatic heterocycles. The highest BCUT2D eigenvalue weighted by molar-refractivity contribution is 6.31. The van der Waals surface area contributed by atoms with Crippen molar-refractivity contribution in [2.24, 2.45) is 53.3 Å². The van der Waals surface area contributed by atoms with E-state index in [1.807, 2.05) is 71.9 Å². The first-order chi connectivity index (χ1) is 52.2. The van der Waals surface area contributed by atoms with Crippen LogP contribution in [0.25, 0.3) is 0 Å². The monoisotopic (exact) mass is 1580 g/mol. The predicted molar refractivity (Wildman–Crippen MR) is 475 cm³/mol. The third-order valence-corrected chi connectivity index (χ3v) is 18.6. The van der Waals surface area contributed by atoms with Gasteiger partial charge in [0.15, 0.2) is 11.6 Å². The number of halogens is 8. The van der Waals surface area contributed by atoms with Gasteiger partial charge in [-0.2, -0.15) is 0 Å². The summed E-state index contributed by atoms with van der Waals surface area (Å²) in [6.07, 6.45) is 8.67. The maximum atomic E-state index is 13.2. The second kappa shape index (κ2) is 53.7. The van der Waals surface area contributed by atoms with Gasteiger partial charge in [-0.3, -0.25) is 0 Å². The Morgan fingerprint density at radius 1 is 0.241 bits per heavy atom. The first kappa shape index (κ1) is 103. The molecule has 9 aromatic carbocycles. The highest BCUT2D eigenvalue weighted by Crippen LogP contribution is 2.27. The number of hydrogen-bond donors (Lipinski definition) is 0. The molecule has 0 saturated heterocycles. The zero-order valence-corrected chi connectivity index (χ0v) is 75.8. The zero-order chi connectivity index (χ0) is 85.4. The number of methoxy groups -OCH3 is 2. The van der Waals surface area contributed by atoms with Crippen molar-refractivity contribution in [3.8, 4) is 11.5 Å². The Kier molecular flexibility index (Phi) is 49.3. The normalized spacial score (nSPS) is 10.7. The molecule has 0 spiro atoms. The predicted octanol–water partition coefficient (Wildman–Crippen LogP) is 31.2. The van der Waals surface area contributed by atoms with Crippen LogP contribution in [0, 0.1) is 157 Å². The standard InChI is InChI=1S/2C12H18O.C12H18.2C11H15Cl.2C11H14F2.2C11H15F/c1-9(2)7-11-6-5-10(3)12(8-11)13-4;1-9(2)7-11-6-5-10(3)8-12(11)13-4;1-9(2)7-12-6-5-10(3)11(4)8-12;1-8(2)6-10-5-4-9(3)11(12)7-10;1-8(2)6-10-5-4-9(3)7-11(10)12;1-7(2)4-9-5-10(12)8(3)11(13)6-9;1-7(2)6-9-5-4-8(3)10(12)11(9)13;1-8(2)6-10-5-4-9(3)11(12)7-10;1-8(2)6-10-5-4-9(3)7-11(10)12/h2*5-6,8-9H,7H2,1-4H3;5-6,8-9H,7H2,1-4H3;2*4-5,7-8H,6H2,1-3H3;5-7H,4H2,1-3H3;4-5,7H,6H2,1-3H3;2*4-5,7-8H,6H2,1-3H3. The first-order valence-corrected chi connectivity index (χ1v) is 41.2. The van der Waals surface area contributed by atoms with Crippen LogP contribution in [-0.4, -0.2) is 14.2 Å². The molecule has 0 saturated carbocycles. The number of ether oxygens (including phenoxy) is 2. The maximum absolute atomic E-state index is 13.2. The summed E-state index contributed by atoms with van der Waals surface area (Å²) in [7, 11) is 3.46. The van der Waals surface area contributed by atoms with Gasteiger partial charge in [-0.1, -0.05) is 251 Å². The third kappa shape index (κ3) is 43.3. The molecular weight excluding hydrogens is 1440 g/mol. The lowest BCUT2D eigenvalue weighted by Crippen LogP contribution is -2.01. The molecule has 9 rings (SSSR count). The molecule has 112 heavy (non-hydrogen) atoms. The summed E-state index contributed by atoms with van der Waals surface area (Å²) in [5.41, 5.74) is 19.7. The minimum absolute atomic E-state index is 0.0660. The van der Waals surface area contributed by atoms with Crippen LogP contribution in [0.2, 0.25) is 10.0 Å². The van der Waals surface area contributed by atoms with Crippen LogP contribution in [0.4, 0.5) is 26.3 Å². The summed E-state index contributed by atoms with van der Waals surface area (Å²) in [5, 5.41) is 1.79. The number of benzene rings is 9. The minimum atomic E-state index is -0.710. The smallest absolute Gasteiger partial charge is 0.162 e. The molecule has 618 valence electrons. The van der Waals surface area contributed by atoms with Crippen LogP contribution >= 0.6 is 23.2 Å². The summed E-state index contributed by atoms with van der Waals surface area (Å²) < 4.78 is 89.3. The fraction of sp³-hybridized carbons (Fsp3) is 0.471. The van der Waals surface area contributed by atoms with E-state index in [-0.39, 0.29) is 17.2 Å². The van der Waals surface area contributed by atoms with Crippen molar-refractivity contribution in [3.05, 3.63) is 302 Å². The highest BCUT2D eigenvalue weighted by atomic mass is 35.5. The van der Waals surface area contributed by atoms with Crippen molar-refractivity contribution in [3.63, 3.8) is 0 Å². The molecule has 0 aliphatic carbocycles. The Hall–Kier alpha value is -7.26. The number of aryl methyl sites for hydroxylation is 9. The molecule has 10 heteroatoms. The van der Waals surface area contributed by atoms with Crippen LogP contribution in [0.5, 0.6) is 11.5 Å². The summed E-state index contributed by atoms with van der Waals surface area (Å²) in [6, 6.07) is 49.2. The quantitative estimate of drug-likeness (QED) is 0.0708. The van der Waals surface area contributed by atoms with Gasteiger partial charge in [0, 0.05) is 15.6 Å². The van der Waals surface area contributed by atoms with Crippen LogP contribution < -0.4 is 9.47 Å². The Bertz CT molecular complexity index is 3960. The van der Waals surface area contributed by atoms with Crippen molar-refractivity contribution < 1.29 is 35.8 Å². The van der Waals surface area contributed by atoms with Crippen molar-refractivity contribution in [2.75, 3.05) is 14.2 Å². The molecule has 0 unspecified atom stereocenters. The van der Waals surface area contributed by atoms with Crippen molar-refractivity contribution in [1.82, 2.24) is 0 Å². The first-order valence-electron chi connectivity index (χ1n) is 40.5. The average molecular weight is 1590 g/mol. The maximum Gasteiger partial charge on any atom is 0.162 e. The molecule has 0 N–H and O–H groups in total. The van der Waals surface area contributed by atoms with Gasteiger partial charge in [-0.15, -0.1) is 0 Å². The molecule has 0 heterocycles. The summed E-state index contributed by atoms with van der Waals surface area (Å²) in [4.78, 5) is 0. The van der Waals surface area contributed by atoms with E-state index in [0.29, 0.717) is 71.3 Å². The molecule has 0 amide bonds. The van der Waals surface area contributed by atoms with Crippen LogP contribution in [-0.2, 0) is 57.8 Å². The van der Waals surface area contributed by atoms with Gasteiger partial charge < -0.3 is 9.47 Å². The second-order valence-corrected chi connectivity index (χ2v) is 34.9. The highest BCUT2D eigenvalue weighted by Gasteiger charge is 2.14. The van der Waals surface area contributed by atoms with Gasteiger partial charge in [0.2, 0.25) is 0 Å². The lowest BCUT2D eigenvalue weighted by Gasteiger charge is -2.10. The van der Waals surface area contributed by atoms with Crippen LogP contribution in [0.3, 0.4) is 0 Å². The Morgan fingerprint density at radius 3 is 1.01 bits per heavy atom. The zero-order valence-electron chi connectivity index (χ0n) is 74.3. The SMILES string of the molecule is COc1cc(C)ccc1CC(C)C.COc1cc(CC(C)C)ccc1C.Cc1c(F)cc(CC(C)C)cc1F.Cc1ccc(CC(C)C)c(Cl)c1.Cc1ccc(CC(C)C)c(F)c1.Cc1ccc(CC(C)C)c(F)c1F.Cc1ccc(CC(C)C)cc1C.Cc1ccc(CC(C)C)cc1Cl.Cc1ccc(CC(C)C)cc1F. The van der Waals surface area contributed by atoms with Gasteiger partial charge in [-0.25, -0.2) is 26.3 Å². The minimum Gasteiger partial charge on any atom is -0.496 e. The summed E-state index contributed by atoms with van der Waals surface area (Å²) in [6.45, 7) is 58.0. The molecule has 9 aromatic rings. The lowest BCUT2D eigenvalue weighted by molar-refractivity contribution is 0.406. The molecule has 0 radical (unpaired) electrons. The Balaban J connectivity index is 0.000000630. The Morgan fingerprint density at radius 2 is 0.580 bits per heavy atom. The van der Waals surface area contributed by atoms with Crippen LogP contribution in [0.15, 0.2) is 152 Å². The molecule has 0 atom stereocenters. The Labute approximate surface area is 687 Å². The van der Waals surface area contributed by atoms with Crippen molar-refractivity contribution in [2.45, 2.75) is 252 Å². The van der Waals surface area contributed by atoms with Gasteiger partial charge in [0.05, 0.1) is 14.2 Å². The van der Waals surface area contributed by atoms with Crippen LogP contribution in [0.1, 0.15) is 230 Å². The lowest BCUT2D eigenvalue weighted by atomic mass is 9.99. The van der Waals surface area contributed by atoms with Gasteiger partial charge >= 0.3 is 0 Å². The third-order valence-electron chi connectivity index (χ3n) is 17.8. The van der Waals surface area contributed by atoms with E-state index < -0.39 is 23.3 Å². The largest absolute Gasteiger partial charge is 0.496 e. The van der Waals surface area contributed by atoms with Crippen molar-refractivity contribution in [1.29, 1.82) is 0 Å². The number of hydrogen-bond acceptors (Lipinski definition) is 2. The van der Waals surface area contributed by atoms with E-state index in [2.05, 4.69) is 216 Å². The number of rotatable bonds is 20. The summed E-state index contributed by atoms with van der Waals surface area (Å²) in [5.74, 6) is 4.94. The van der Waals surface area contributed by atoms with E-state index >= 15 is 0 Å². The van der Waals surface area contributed by atoms with Gasteiger partial charge in [-0.05, 0) is 329 Å². The van der Waals surface area contributed by atoms with E-state index in [1.165, 1.54) is 81.1 Å². The van der Waals surface area contributed by atoms with E-state index in [4.69, 9.17) is 32.7 Å². The molecule has 0 fully saturated rings. The molecule has 2 nitrogen and oxygen atoms in total. The fourth-order valence-corrected chi connectivity index (χ4v) is 12.4. The molecule has 0 bridgehead atoms. The topological polar surface area (TPSA) is 18.5 Å². The van der Waals surface area contributed by atoms with Crippen molar-refractivity contribution >= 4 is 23.2 Å². The average Bonchev–Trinajstić information content (AvgIpc) is 0.847. The van der Waals surface area contributed by atoms with E-state index in [0.717, 1.165) is 99.4 Å². The molecular formula is C102H142Cl2F6O2. The van der Waals surface area contributed by atoms with Gasteiger partial charge in [0.25, 0.3) is 0 Å². The van der Waals surface area contributed by atoms with Gasteiger partial charge in [0.1, 0.15) is 34.8 Å². The van der Waals surface area contributed by atoms with E-state index in [9.17, 15) is 26.3 Å².